The third-order valence-electron chi connectivity index (χ3n) is 3.99. The van der Waals surface area contributed by atoms with Gasteiger partial charge in [-0.3, -0.25) is 0 Å². The fourth-order valence-corrected chi connectivity index (χ4v) is 2.45. The van der Waals surface area contributed by atoms with Crippen molar-refractivity contribution >= 4 is 11.8 Å². The molecule has 0 unspecified atom stereocenters. The van der Waals surface area contributed by atoms with Crippen LogP contribution in [0.4, 0.5) is 5.82 Å². The molecule has 0 bridgehead atoms. The van der Waals surface area contributed by atoms with Crippen LogP contribution >= 0.6 is 0 Å². The average molecular weight is 289 g/mol. The monoisotopic (exact) mass is 289 g/mol. The number of pyridine rings is 1. The van der Waals surface area contributed by atoms with Crippen molar-refractivity contribution in [3.8, 4) is 0 Å². The Morgan fingerprint density at radius 1 is 1.43 bits per heavy atom. The van der Waals surface area contributed by atoms with Crippen molar-refractivity contribution < 1.29 is 4.74 Å². The molecule has 21 heavy (non-hydrogen) atoms. The fraction of sp³-hybridized carbons (Fsp3) is 0.600. The Bertz CT molecular complexity index is 509. The zero-order chi connectivity index (χ0) is 14.7. The van der Waals surface area contributed by atoms with Crippen LogP contribution in [0.25, 0.3) is 0 Å². The van der Waals surface area contributed by atoms with Gasteiger partial charge in [0.05, 0.1) is 25.5 Å². The number of morpholine rings is 1. The van der Waals surface area contributed by atoms with E-state index in [4.69, 9.17) is 10.5 Å². The number of nitrogens with zero attached hydrogens (tertiary/aromatic N) is 4. The third-order valence-corrected chi connectivity index (χ3v) is 3.99. The predicted molar refractivity (Wildman–Crippen MR) is 83.4 cm³/mol. The van der Waals surface area contributed by atoms with E-state index in [-0.39, 0.29) is 0 Å². The largest absolute Gasteiger partial charge is 0.378 e. The summed E-state index contributed by atoms with van der Waals surface area (Å²) in [7, 11) is 2.01. The lowest BCUT2D eigenvalue weighted by Crippen LogP contribution is -2.37. The second-order valence-electron chi connectivity index (χ2n) is 5.60. The van der Waals surface area contributed by atoms with Gasteiger partial charge in [0.2, 0.25) is 0 Å². The van der Waals surface area contributed by atoms with Gasteiger partial charge < -0.3 is 20.3 Å². The summed E-state index contributed by atoms with van der Waals surface area (Å²) in [5.41, 5.74) is 6.96. The number of aromatic nitrogens is 1. The minimum atomic E-state index is 0.529. The standard InChI is InChI=1S/C15H23N5O/c1-19(13-5-6-13)15(16)17-11-12-3-2-4-14(18-12)20-7-9-21-10-8-20/h2-4,13H,5-11H2,1H3,(H2,16,17). The number of guanidine groups is 1. The first-order valence-electron chi connectivity index (χ1n) is 7.55. The van der Waals surface area contributed by atoms with Crippen LogP contribution in [0.3, 0.4) is 0 Å². The molecule has 6 heteroatoms. The van der Waals surface area contributed by atoms with Crippen molar-refractivity contribution in [2.45, 2.75) is 25.4 Å². The Hall–Kier alpha value is -1.82. The van der Waals surface area contributed by atoms with E-state index < -0.39 is 0 Å². The van der Waals surface area contributed by atoms with Crippen LogP contribution in [0, 0.1) is 0 Å². The molecule has 6 nitrogen and oxygen atoms in total. The molecule has 1 aromatic heterocycles. The second-order valence-corrected chi connectivity index (χ2v) is 5.60. The van der Waals surface area contributed by atoms with Gasteiger partial charge in [0.15, 0.2) is 5.96 Å². The topological polar surface area (TPSA) is 67.0 Å². The summed E-state index contributed by atoms with van der Waals surface area (Å²) in [6.07, 6.45) is 2.44. The van der Waals surface area contributed by atoms with Crippen molar-refractivity contribution in [1.82, 2.24) is 9.88 Å². The zero-order valence-corrected chi connectivity index (χ0v) is 12.5. The van der Waals surface area contributed by atoms with Crippen LogP contribution in [-0.4, -0.2) is 55.2 Å². The van der Waals surface area contributed by atoms with E-state index in [2.05, 4.69) is 19.8 Å². The van der Waals surface area contributed by atoms with Gasteiger partial charge in [-0.05, 0) is 25.0 Å². The maximum atomic E-state index is 6.01. The van der Waals surface area contributed by atoms with Crippen LogP contribution in [-0.2, 0) is 11.3 Å². The summed E-state index contributed by atoms with van der Waals surface area (Å²) in [4.78, 5) is 13.4. The summed E-state index contributed by atoms with van der Waals surface area (Å²) >= 11 is 0. The highest BCUT2D eigenvalue weighted by atomic mass is 16.5. The van der Waals surface area contributed by atoms with E-state index in [0.717, 1.165) is 37.8 Å². The molecule has 1 aliphatic carbocycles. The molecule has 114 valence electrons. The van der Waals surface area contributed by atoms with Crippen molar-refractivity contribution in [2.75, 3.05) is 38.3 Å². The number of aliphatic imine (C=N–C) groups is 1. The quantitative estimate of drug-likeness (QED) is 0.657. The lowest BCUT2D eigenvalue weighted by atomic mass is 10.3. The van der Waals surface area contributed by atoms with Gasteiger partial charge in [-0.2, -0.15) is 0 Å². The smallest absolute Gasteiger partial charge is 0.191 e. The molecule has 2 aliphatic rings. The highest BCUT2D eigenvalue weighted by Crippen LogP contribution is 2.25. The van der Waals surface area contributed by atoms with Crippen LogP contribution in [0.15, 0.2) is 23.2 Å². The third kappa shape index (κ3) is 3.64. The fourth-order valence-electron chi connectivity index (χ4n) is 2.45. The second kappa shape index (κ2) is 6.30. The Morgan fingerprint density at radius 2 is 2.19 bits per heavy atom. The molecule has 0 atom stereocenters. The number of nitrogens with two attached hydrogens (primary N) is 1. The molecular formula is C15H23N5O. The summed E-state index contributed by atoms with van der Waals surface area (Å²) in [6, 6.07) is 6.65. The minimum Gasteiger partial charge on any atom is -0.378 e. The zero-order valence-electron chi connectivity index (χ0n) is 12.5. The van der Waals surface area contributed by atoms with Crippen LogP contribution in [0.1, 0.15) is 18.5 Å². The summed E-state index contributed by atoms with van der Waals surface area (Å²) < 4.78 is 5.37. The van der Waals surface area contributed by atoms with Gasteiger partial charge >= 0.3 is 0 Å². The normalized spacial score (nSPS) is 19.7. The van der Waals surface area contributed by atoms with E-state index in [1.165, 1.54) is 12.8 Å². The summed E-state index contributed by atoms with van der Waals surface area (Å²) in [5, 5.41) is 0. The first-order chi connectivity index (χ1) is 10.2. The number of anilines is 1. The molecule has 1 aliphatic heterocycles. The van der Waals surface area contributed by atoms with E-state index >= 15 is 0 Å². The van der Waals surface area contributed by atoms with Gasteiger partial charge in [0, 0.05) is 26.2 Å². The summed E-state index contributed by atoms with van der Waals surface area (Å²) in [5.74, 6) is 1.61. The SMILES string of the molecule is CN(C(N)=NCc1cccc(N2CCOCC2)n1)C1CC1. The van der Waals surface area contributed by atoms with Crippen molar-refractivity contribution in [3.05, 3.63) is 23.9 Å². The van der Waals surface area contributed by atoms with Gasteiger partial charge in [0.25, 0.3) is 0 Å². The molecule has 2 heterocycles. The van der Waals surface area contributed by atoms with E-state index in [0.29, 0.717) is 18.5 Å². The minimum absolute atomic E-state index is 0.529. The highest BCUT2D eigenvalue weighted by Gasteiger charge is 2.27. The molecule has 1 aromatic rings. The average Bonchev–Trinajstić information content (AvgIpc) is 3.38. The maximum absolute atomic E-state index is 6.01. The van der Waals surface area contributed by atoms with Gasteiger partial charge in [-0.25, -0.2) is 9.98 Å². The molecule has 0 amide bonds. The Balaban J connectivity index is 1.63. The van der Waals surface area contributed by atoms with E-state index in [9.17, 15) is 0 Å². The van der Waals surface area contributed by atoms with E-state index in [1.807, 2.05) is 25.2 Å². The molecule has 0 radical (unpaired) electrons. The van der Waals surface area contributed by atoms with E-state index in [1.54, 1.807) is 0 Å². The maximum Gasteiger partial charge on any atom is 0.191 e. The molecule has 1 saturated heterocycles. The molecule has 0 spiro atoms. The summed E-state index contributed by atoms with van der Waals surface area (Å²) in [6.45, 7) is 3.85. The number of hydrogen-bond acceptors (Lipinski definition) is 4. The van der Waals surface area contributed by atoms with Gasteiger partial charge in [-0.15, -0.1) is 0 Å². The Morgan fingerprint density at radius 3 is 2.90 bits per heavy atom. The number of hydrogen-bond donors (Lipinski definition) is 1. The molecule has 0 aromatic carbocycles. The number of rotatable bonds is 4. The van der Waals surface area contributed by atoms with Gasteiger partial charge in [0.1, 0.15) is 5.82 Å². The van der Waals surface area contributed by atoms with Crippen LogP contribution < -0.4 is 10.6 Å². The first-order valence-corrected chi connectivity index (χ1v) is 7.55. The molecule has 2 fully saturated rings. The van der Waals surface area contributed by atoms with Crippen LogP contribution in [0.5, 0.6) is 0 Å². The Kier molecular flexibility index (Phi) is 4.24. The van der Waals surface area contributed by atoms with Crippen molar-refractivity contribution in [3.63, 3.8) is 0 Å². The molecular weight excluding hydrogens is 266 g/mol. The highest BCUT2D eigenvalue weighted by molar-refractivity contribution is 5.78. The lowest BCUT2D eigenvalue weighted by molar-refractivity contribution is 0.122. The Labute approximate surface area is 125 Å². The van der Waals surface area contributed by atoms with Crippen LogP contribution in [0.2, 0.25) is 0 Å². The molecule has 2 N–H and O–H groups in total. The number of ether oxygens (including phenoxy) is 1. The molecule has 1 saturated carbocycles. The lowest BCUT2D eigenvalue weighted by Gasteiger charge is -2.28. The first kappa shape index (κ1) is 14.1. The van der Waals surface area contributed by atoms with Gasteiger partial charge in [-0.1, -0.05) is 6.07 Å². The molecule has 3 rings (SSSR count). The van der Waals surface area contributed by atoms with Crippen molar-refractivity contribution in [1.29, 1.82) is 0 Å². The van der Waals surface area contributed by atoms with Crippen molar-refractivity contribution in [2.24, 2.45) is 10.7 Å². The predicted octanol–water partition coefficient (Wildman–Crippen LogP) is 0.827.